The predicted octanol–water partition coefficient (Wildman–Crippen LogP) is 5.40. The van der Waals surface area contributed by atoms with Gasteiger partial charge in [0.2, 0.25) is 8.32 Å². The Kier molecular flexibility index (Phi) is 4.57. The summed E-state index contributed by atoms with van der Waals surface area (Å²) in [7, 11) is -1.71. The average Bonchev–Trinajstić information content (AvgIpc) is 2.69. The largest absolute Gasteiger partial charge is 0.547 e. The first kappa shape index (κ1) is 18.0. The molecule has 2 nitrogen and oxygen atoms in total. The number of rotatable bonds is 2. The number of Topliss-reactive ketones (excluding diaryl/α,β-unsaturated/α-hetero) is 1. The Labute approximate surface area is 161 Å². The van der Waals surface area contributed by atoms with Gasteiger partial charge in [-0.1, -0.05) is 24.3 Å². The van der Waals surface area contributed by atoms with Crippen LogP contribution in [0.3, 0.4) is 0 Å². The second-order valence-electron chi connectivity index (χ2n) is 8.54. The second-order valence-corrected chi connectivity index (χ2v) is 16.0. The van der Waals surface area contributed by atoms with Crippen LogP contribution in [0.15, 0.2) is 36.1 Å². The van der Waals surface area contributed by atoms with Crippen molar-refractivity contribution in [1.82, 2.24) is 0 Å². The zero-order valence-electron chi connectivity index (χ0n) is 15.4. The first-order valence-corrected chi connectivity index (χ1v) is 14.8. The molecule has 2 fully saturated rings. The molecule has 1 saturated heterocycles. The summed E-state index contributed by atoms with van der Waals surface area (Å²) in [6.45, 7) is 6.74. The van der Waals surface area contributed by atoms with Crippen LogP contribution in [-0.2, 0) is 9.22 Å². The fraction of sp³-hybridized carbons (Fsp3) is 0.650. The zero-order valence-corrected chi connectivity index (χ0v) is 18.1. The van der Waals surface area contributed by atoms with Gasteiger partial charge in [0.15, 0.2) is 5.78 Å². The highest BCUT2D eigenvalue weighted by molar-refractivity contribution is 8.18. The molecule has 0 unspecified atom stereocenters. The lowest BCUT2D eigenvalue weighted by molar-refractivity contribution is -0.130. The number of allylic oxidation sites excluding steroid dienone is 6. The summed E-state index contributed by atoms with van der Waals surface area (Å²) >= 11 is 4.10. The highest BCUT2D eigenvalue weighted by Gasteiger charge is 2.66. The van der Waals surface area contributed by atoms with Gasteiger partial charge < -0.3 is 4.43 Å². The molecule has 1 heterocycles. The minimum absolute atomic E-state index is 0.000000157. The van der Waals surface area contributed by atoms with Gasteiger partial charge in [0.1, 0.15) is 0 Å². The monoisotopic (exact) mass is 392 g/mol. The van der Waals surface area contributed by atoms with Crippen molar-refractivity contribution in [3.05, 3.63) is 36.1 Å². The van der Waals surface area contributed by atoms with E-state index in [2.05, 4.69) is 73.5 Å². The fourth-order valence-electron chi connectivity index (χ4n) is 4.88. The summed E-state index contributed by atoms with van der Waals surface area (Å²) in [4.78, 5) is 13.8. The van der Waals surface area contributed by atoms with Gasteiger partial charge in [0.05, 0.1) is 15.3 Å². The Morgan fingerprint density at radius 3 is 2.68 bits per heavy atom. The number of thioether (sulfide) groups is 2. The Morgan fingerprint density at radius 2 is 1.96 bits per heavy atom. The van der Waals surface area contributed by atoms with Crippen LogP contribution in [-0.4, -0.2) is 29.7 Å². The highest BCUT2D eigenvalue weighted by atomic mass is 32.2. The maximum atomic E-state index is 13.8. The Bertz CT molecular complexity index is 655. The molecule has 0 N–H and O–H groups in total. The maximum Gasteiger partial charge on any atom is 0.241 e. The summed E-state index contributed by atoms with van der Waals surface area (Å²) in [5.41, 5.74) is -0.404. The molecule has 25 heavy (non-hydrogen) atoms. The summed E-state index contributed by atoms with van der Waals surface area (Å²) in [6, 6.07) is 0. The molecule has 0 radical (unpaired) electrons. The van der Waals surface area contributed by atoms with Crippen LogP contribution in [0.25, 0.3) is 0 Å². The smallest absolute Gasteiger partial charge is 0.241 e. The Hall–Kier alpha value is -0.393. The van der Waals surface area contributed by atoms with Gasteiger partial charge in [0.25, 0.3) is 0 Å². The van der Waals surface area contributed by atoms with Crippen molar-refractivity contribution >= 4 is 37.6 Å². The lowest BCUT2D eigenvalue weighted by Crippen LogP contribution is -2.50. The standard InChI is InChI=1S/C20H28O2S2Si/c1-25(2,3)22-17-9-8-15-7-4-5-11-19(18(15)21)16(17)10-12-20(19)23-13-6-14-24-20/h4-5,7,9,11,15-16H,6,8,10,12-14H2,1-3H3/t15-,16+,19-/m1/s1. The van der Waals surface area contributed by atoms with Crippen LogP contribution >= 0.6 is 23.5 Å². The number of ketones is 1. The van der Waals surface area contributed by atoms with E-state index < -0.39 is 13.7 Å². The van der Waals surface area contributed by atoms with E-state index in [0.717, 1.165) is 25.0 Å². The van der Waals surface area contributed by atoms with Crippen LogP contribution in [0.4, 0.5) is 0 Å². The van der Waals surface area contributed by atoms with Crippen molar-refractivity contribution in [2.24, 2.45) is 17.3 Å². The number of carbonyl (C=O) groups is 1. The summed E-state index contributed by atoms with van der Waals surface area (Å²) in [6.07, 6.45) is 15.1. The minimum Gasteiger partial charge on any atom is -0.547 e. The van der Waals surface area contributed by atoms with E-state index >= 15 is 0 Å². The topological polar surface area (TPSA) is 26.3 Å². The van der Waals surface area contributed by atoms with Crippen molar-refractivity contribution in [3.63, 3.8) is 0 Å². The Morgan fingerprint density at radius 1 is 1.20 bits per heavy atom. The zero-order chi connectivity index (χ0) is 17.7. The second kappa shape index (κ2) is 6.34. The number of carbonyl (C=O) groups excluding carboxylic acids is 1. The van der Waals surface area contributed by atoms with Crippen LogP contribution < -0.4 is 0 Å². The van der Waals surface area contributed by atoms with E-state index in [1.165, 1.54) is 17.9 Å². The molecule has 0 amide bonds. The van der Waals surface area contributed by atoms with Gasteiger partial charge >= 0.3 is 0 Å². The number of fused-ring (bicyclic) bond motifs is 1. The van der Waals surface area contributed by atoms with Crippen molar-refractivity contribution in [2.45, 2.75) is 49.4 Å². The van der Waals surface area contributed by atoms with E-state index in [1.807, 2.05) is 0 Å². The van der Waals surface area contributed by atoms with E-state index in [4.69, 9.17) is 4.43 Å². The molecule has 4 aliphatic rings. The molecular formula is C20H28O2S2Si. The first-order chi connectivity index (χ1) is 11.9. The first-order valence-electron chi connectivity index (χ1n) is 9.45. The average molecular weight is 393 g/mol. The third-order valence-electron chi connectivity index (χ3n) is 5.80. The molecule has 136 valence electrons. The van der Waals surface area contributed by atoms with Crippen LogP contribution in [0.1, 0.15) is 25.7 Å². The molecule has 2 bridgehead atoms. The van der Waals surface area contributed by atoms with Crippen molar-refractivity contribution in [2.75, 3.05) is 11.5 Å². The van der Waals surface area contributed by atoms with E-state index in [1.54, 1.807) is 0 Å². The van der Waals surface area contributed by atoms with Crippen molar-refractivity contribution in [3.8, 4) is 0 Å². The quantitative estimate of drug-likeness (QED) is 0.588. The van der Waals surface area contributed by atoms with Crippen LogP contribution in [0, 0.1) is 17.3 Å². The lowest BCUT2D eigenvalue weighted by atomic mass is 9.70. The lowest BCUT2D eigenvalue weighted by Gasteiger charge is -2.47. The van der Waals surface area contributed by atoms with E-state index in [9.17, 15) is 4.79 Å². The normalized spacial score (nSPS) is 36.6. The van der Waals surface area contributed by atoms with E-state index in [-0.39, 0.29) is 15.9 Å². The molecule has 0 aromatic rings. The fourth-order valence-corrected chi connectivity index (χ4v) is 9.69. The molecule has 2 spiro atoms. The molecule has 3 aliphatic carbocycles. The highest BCUT2D eigenvalue weighted by Crippen LogP contribution is 2.68. The summed E-state index contributed by atoms with van der Waals surface area (Å²) in [5.74, 6) is 4.12. The van der Waals surface area contributed by atoms with Gasteiger partial charge in [-0.05, 0) is 62.9 Å². The third-order valence-corrected chi connectivity index (χ3v) is 10.4. The maximum absolute atomic E-state index is 13.8. The van der Waals surface area contributed by atoms with Crippen molar-refractivity contribution in [1.29, 1.82) is 0 Å². The van der Waals surface area contributed by atoms with Crippen LogP contribution in [0.5, 0.6) is 0 Å². The minimum atomic E-state index is -1.71. The molecule has 1 saturated carbocycles. The SMILES string of the molecule is C[Si](C)(C)OC1=CC[C@H]2C=CC=C[C@]3(C2=O)[C@H]1CCC31SCCCS1. The Balaban J connectivity index is 1.85. The van der Waals surface area contributed by atoms with Gasteiger partial charge in [-0.3, -0.25) is 4.79 Å². The molecule has 4 rings (SSSR count). The number of hydrogen-bond acceptors (Lipinski definition) is 4. The molecule has 1 aliphatic heterocycles. The van der Waals surface area contributed by atoms with Gasteiger partial charge in [-0.25, -0.2) is 0 Å². The van der Waals surface area contributed by atoms with Gasteiger partial charge in [-0.2, -0.15) is 0 Å². The van der Waals surface area contributed by atoms with E-state index in [0.29, 0.717) is 5.78 Å². The molecule has 0 aromatic heterocycles. The third kappa shape index (κ3) is 2.81. The molecule has 3 atom stereocenters. The van der Waals surface area contributed by atoms with Crippen LogP contribution in [0.2, 0.25) is 19.6 Å². The molecule has 5 heteroatoms. The summed E-state index contributed by atoms with van der Waals surface area (Å²) in [5, 5.41) is 0. The van der Waals surface area contributed by atoms with Gasteiger partial charge in [-0.15, -0.1) is 23.5 Å². The molecular weight excluding hydrogens is 364 g/mol. The van der Waals surface area contributed by atoms with Crippen molar-refractivity contribution < 1.29 is 9.22 Å². The predicted molar refractivity (Wildman–Crippen MR) is 111 cm³/mol. The summed E-state index contributed by atoms with van der Waals surface area (Å²) < 4.78 is 6.57. The number of hydrogen-bond donors (Lipinski definition) is 0. The van der Waals surface area contributed by atoms with Gasteiger partial charge in [0, 0.05) is 11.8 Å². The molecule has 0 aromatic carbocycles.